The minimum atomic E-state index is 0.716. The Hall–Kier alpha value is -1.73. The smallest absolute Gasteiger partial charge is 0.181 e. The molecule has 0 aliphatic carbocycles. The summed E-state index contributed by atoms with van der Waals surface area (Å²) in [6.07, 6.45) is 3.68. The number of nitrogens with zero attached hydrogens (tertiary/aromatic N) is 4. The number of pyridine rings is 1. The molecule has 0 atom stereocenters. The number of aryl methyl sites for hydroxylation is 1. The maximum absolute atomic E-state index is 4.50. The highest BCUT2D eigenvalue weighted by molar-refractivity contribution is 8.13. The van der Waals surface area contributed by atoms with E-state index in [4.69, 9.17) is 0 Å². The number of aromatic amines is 1. The summed E-state index contributed by atoms with van der Waals surface area (Å²) in [6, 6.07) is 2.00. The Labute approximate surface area is 110 Å². The van der Waals surface area contributed by atoms with Gasteiger partial charge in [-0.25, -0.2) is 4.98 Å². The average Bonchev–Trinajstić information content (AvgIpc) is 2.79. The molecule has 0 fully saturated rings. The van der Waals surface area contributed by atoms with Crippen LogP contribution in [0.15, 0.2) is 22.5 Å². The second-order valence-electron chi connectivity index (χ2n) is 3.19. The molecule has 0 spiro atoms. The Bertz CT molecular complexity index is 560. The Morgan fingerprint density at radius 2 is 2.22 bits per heavy atom. The molecule has 6 nitrogen and oxygen atoms in total. The molecule has 0 saturated heterocycles. The lowest BCUT2D eigenvalue weighted by Gasteiger charge is -2.00. The van der Waals surface area contributed by atoms with E-state index in [0.29, 0.717) is 5.65 Å². The van der Waals surface area contributed by atoms with Crippen LogP contribution in [0.25, 0.3) is 11.0 Å². The monoisotopic (exact) mass is 264 g/mol. The van der Waals surface area contributed by atoms with E-state index in [1.54, 1.807) is 6.20 Å². The van der Waals surface area contributed by atoms with Crippen LogP contribution in [0, 0.1) is 6.92 Å². The minimum absolute atomic E-state index is 0.716. The average molecular weight is 264 g/mol. The van der Waals surface area contributed by atoms with Gasteiger partial charge in [0.25, 0.3) is 0 Å². The molecule has 3 N–H and O–H groups in total. The van der Waals surface area contributed by atoms with Crippen molar-refractivity contribution in [1.82, 2.24) is 15.2 Å². The summed E-state index contributed by atoms with van der Waals surface area (Å²) in [5.41, 5.74) is 7.14. The standard InChI is InChI=1S/C10H11N5S.CH5N/c1-6-8-4-7(10(16-3)15-11-2)5-12-9(8)14-13-6;1-2/h4-5H,2H2,1,3H3,(H,12,13,14);2H2,1H3/b15-10-;. The first kappa shape index (κ1) is 14.3. The molecular formula is C11H16N6S. The van der Waals surface area contributed by atoms with Crippen molar-refractivity contribution in [2.24, 2.45) is 15.9 Å². The molecule has 2 rings (SSSR count). The van der Waals surface area contributed by atoms with Crippen LogP contribution in [-0.4, -0.2) is 40.2 Å². The minimum Gasteiger partial charge on any atom is -0.333 e. The van der Waals surface area contributed by atoms with Crippen molar-refractivity contribution in [2.45, 2.75) is 6.92 Å². The highest BCUT2D eigenvalue weighted by Crippen LogP contribution is 2.18. The molecule has 0 amide bonds. The van der Waals surface area contributed by atoms with Gasteiger partial charge in [0.2, 0.25) is 0 Å². The number of hydrogen-bond acceptors (Lipinski definition) is 6. The van der Waals surface area contributed by atoms with Crippen molar-refractivity contribution in [3.8, 4) is 0 Å². The van der Waals surface area contributed by atoms with Crippen LogP contribution in [0.5, 0.6) is 0 Å². The first-order valence-corrected chi connectivity index (χ1v) is 6.45. The molecule has 0 radical (unpaired) electrons. The summed E-state index contributed by atoms with van der Waals surface area (Å²) >= 11 is 1.51. The largest absolute Gasteiger partial charge is 0.333 e. The SMILES string of the molecule is C=N/N=C(\SC)c1cnc2n[nH]c(C)c2c1.CN. The van der Waals surface area contributed by atoms with Crippen LogP contribution in [0.2, 0.25) is 0 Å². The number of fused-ring (bicyclic) bond motifs is 1. The summed E-state index contributed by atoms with van der Waals surface area (Å²) in [7, 11) is 1.50. The summed E-state index contributed by atoms with van der Waals surface area (Å²) < 4.78 is 0. The number of hydrogen-bond donors (Lipinski definition) is 2. The Morgan fingerprint density at radius 3 is 2.83 bits per heavy atom. The highest BCUT2D eigenvalue weighted by atomic mass is 32.2. The molecule has 2 aromatic rings. The fourth-order valence-electron chi connectivity index (χ4n) is 1.42. The van der Waals surface area contributed by atoms with Crippen LogP contribution < -0.4 is 5.73 Å². The maximum Gasteiger partial charge on any atom is 0.181 e. The first-order valence-electron chi connectivity index (χ1n) is 5.22. The quantitative estimate of drug-likeness (QED) is 0.489. The topological polar surface area (TPSA) is 92.3 Å². The third-order valence-electron chi connectivity index (χ3n) is 2.20. The lowest BCUT2D eigenvalue weighted by atomic mass is 10.2. The molecule has 18 heavy (non-hydrogen) atoms. The van der Waals surface area contributed by atoms with Crippen LogP contribution in [0.3, 0.4) is 0 Å². The summed E-state index contributed by atoms with van der Waals surface area (Å²) in [4.78, 5) is 4.25. The second kappa shape index (κ2) is 6.87. The molecule has 0 saturated carbocycles. The van der Waals surface area contributed by atoms with Gasteiger partial charge in [-0.3, -0.25) is 5.10 Å². The molecule has 2 aromatic heterocycles. The van der Waals surface area contributed by atoms with Crippen molar-refractivity contribution >= 4 is 34.6 Å². The van der Waals surface area contributed by atoms with Gasteiger partial charge in [-0.05, 0) is 26.3 Å². The van der Waals surface area contributed by atoms with Crippen molar-refractivity contribution in [3.05, 3.63) is 23.5 Å². The van der Waals surface area contributed by atoms with Crippen LogP contribution in [-0.2, 0) is 0 Å². The Kier molecular flexibility index (Phi) is 5.47. The van der Waals surface area contributed by atoms with E-state index < -0.39 is 0 Å². The summed E-state index contributed by atoms with van der Waals surface area (Å²) in [5.74, 6) is 0. The van der Waals surface area contributed by atoms with Gasteiger partial charge in [-0.1, -0.05) is 0 Å². The number of nitrogens with two attached hydrogens (primary N) is 1. The number of nitrogens with one attached hydrogen (secondary N) is 1. The molecule has 0 unspecified atom stereocenters. The fourth-order valence-corrected chi connectivity index (χ4v) is 1.90. The lowest BCUT2D eigenvalue weighted by Crippen LogP contribution is -1.95. The van der Waals surface area contributed by atoms with Gasteiger partial charge in [0.15, 0.2) is 5.65 Å². The van der Waals surface area contributed by atoms with E-state index in [1.807, 2.05) is 19.2 Å². The zero-order valence-corrected chi connectivity index (χ0v) is 11.5. The van der Waals surface area contributed by atoms with E-state index in [9.17, 15) is 0 Å². The molecule has 0 aliphatic rings. The molecular weight excluding hydrogens is 248 g/mol. The zero-order valence-electron chi connectivity index (χ0n) is 10.6. The maximum atomic E-state index is 4.50. The van der Waals surface area contributed by atoms with Crippen LogP contribution in [0.4, 0.5) is 0 Å². The van der Waals surface area contributed by atoms with Crippen LogP contribution >= 0.6 is 11.8 Å². The third kappa shape index (κ3) is 2.93. The van der Waals surface area contributed by atoms with Crippen molar-refractivity contribution in [1.29, 1.82) is 0 Å². The van der Waals surface area contributed by atoms with Crippen molar-refractivity contribution < 1.29 is 0 Å². The predicted molar refractivity (Wildman–Crippen MR) is 78.3 cm³/mol. The van der Waals surface area contributed by atoms with E-state index in [1.165, 1.54) is 18.8 Å². The number of aromatic nitrogens is 3. The van der Waals surface area contributed by atoms with E-state index >= 15 is 0 Å². The second-order valence-corrected chi connectivity index (χ2v) is 3.99. The fraction of sp³-hybridized carbons (Fsp3) is 0.273. The first-order chi connectivity index (χ1) is 8.76. The van der Waals surface area contributed by atoms with Gasteiger partial charge in [0.05, 0.1) is 0 Å². The third-order valence-corrected chi connectivity index (χ3v) is 2.91. The van der Waals surface area contributed by atoms with Gasteiger partial charge in [0.1, 0.15) is 5.04 Å². The zero-order chi connectivity index (χ0) is 13.5. The molecule has 96 valence electrons. The molecule has 0 aliphatic heterocycles. The normalized spacial score (nSPS) is 11.0. The van der Waals surface area contributed by atoms with Gasteiger partial charge in [-0.15, -0.1) is 16.9 Å². The van der Waals surface area contributed by atoms with Crippen LogP contribution in [0.1, 0.15) is 11.3 Å². The van der Waals surface area contributed by atoms with Gasteiger partial charge in [-0.2, -0.15) is 10.2 Å². The Morgan fingerprint density at radius 1 is 1.50 bits per heavy atom. The molecule has 2 heterocycles. The lowest BCUT2D eigenvalue weighted by molar-refractivity contribution is 1.05. The number of thioether (sulfide) groups is 1. The van der Waals surface area contributed by atoms with Gasteiger partial charge >= 0.3 is 0 Å². The van der Waals surface area contributed by atoms with E-state index in [0.717, 1.165) is 21.7 Å². The number of H-pyrrole nitrogens is 1. The Balaban J connectivity index is 0.000000771. The molecule has 0 bridgehead atoms. The summed E-state index contributed by atoms with van der Waals surface area (Å²) in [5, 5.41) is 16.3. The van der Waals surface area contributed by atoms with Crippen molar-refractivity contribution in [3.63, 3.8) is 0 Å². The summed E-state index contributed by atoms with van der Waals surface area (Å²) in [6.45, 7) is 5.31. The number of rotatable bonds is 2. The van der Waals surface area contributed by atoms with Gasteiger partial charge < -0.3 is 5.73 Å². The van der Waals surface area contributed by atoms with E-state index in [-0.39, 0.29) is 0 Å². The highest BCUT2D eigenvalue weighted by Gasteiger charge is 2.07. The predicted octanol–water partition coefficient (Wildman–Crippen LogP) is 1.57. The molecule has 7 heteroatoms. The van der Waals surface area contributed by atoms with Crippen molar-refractivity contribution in [2.75, 3.05) is 13.3 Å². The molecule has 0 aromatic carbocycles. The van der Waals surface area contributed by atoms with Gasteiger partial charge in [0, 0.05) is 29.6 Å². The van der Waals surface area contributed by atoms with E-state index in [2.05, 4.69) is 37.8 Å².